The second-order valence-corrected chi connectivity index (χ2v) is 6.41. The highest BCUT2D eigenvalue weighted by Gasteiger charge is 2.44. The summed E-state index contributed by atoms with van der Waals surface area (Å²) < 4.78 is 5.33. The molecule has 4 rings (SSSR count). The van der Waals surface area contributed by atoms with Crippen molar-refractivity contribution < 1.29 is 9.53 Å². The van der Waals surface area contributed by atoms with E-state index in [1.807, 2.05) is 6.07 Å². The van der Waals surface area contributed by atoms with Crippen molar-refractivity contribution >= 4 is 5.91 Å². The number of amides is 1. The molecule has 4 nitrogen and oxygen atoms in total. The van der Waals surface area contributed by atoms with E-state index >= 15 is 0 Å². The van der Waals surface area contributed by atoms with Gasteiger partial charge in [-0.15, -0.1) is 0 Å². The molecule has 21 heavy (non-hydrogen) atoms. The van der Waals surface area contributed by atoms with E-state index in [0.717, 1.165) is 44.5 Å². The number of nitrogens with zero attached hydrogens (tertiary/aromatic N) is 1. The van der Waals surface area contributed by atoms with E-state index in [0.29, 0.717) is 11.9 Å². The highest BCUT2D eigenvalue weighted by molar-refractivity contribution is 5.81. The zero-order valence-corrected chi connectivity index (χ0v) is 12.5. The summed E-state index contributed by atoms with van der Waals surface area (Å²) in [6.07, 6.45) is 4.17. The Morgan fingerprint density at radius 3 is 3.14 bits per heavy atom. The van der Waals surface area contributed by atoms with Crippen LogP contribution in [0, 0.1) is 5.92 Å². The van der Waals surface area contributed by atoms with E-state index in [2.05, 4.69) is 22.3 Å². The molecule has 1 aromatic carbocycles. The van der Waals surface area contributed by atoms with Gasteiger partial charge in [-0.05, 0) is 55.5 Å². The highest BCUT2D eigenvalue weighted by atomic mass is 16.5. The van der Waals surface area contributed by atoms with Crippen LogP contribution in [0.15, 0.2) is 18.2 Å². The minimum Gasteiger partial charge on any atom is -0.497 e. The molecule has 0 aliphatic carbocycles. The number of hydrogen-bond acceptors (Lipinski definition) is 3. The fourth-order valence-corrected chi connectivity index (χ4v) is 4.28. The first-order valence-corrected chi connectivity index (χ1v) is 7.98. The van der Waals surface area contributed by atoms with Crippen molar-refractivity contribution in [1.82, 2.24) is 10.2 Å². The van der Waals surface area contributed by atoms with Gasteiger partial charge in [0.15, 0.2) is 0 Å². The number of rotatable bonds is 1. The first-order valence-electron chi connectivity index (χ1n) is 7.98. The monoisotopic (exact) mass is 286 g/mol. The Kier molecular flexibility index (Phi) is 3.14. The summed E-state index contributed by atoms with van der Waals surface area (Å²) in [6.45, 7) is 1.91. The fraction of sp³-hybridized carbons (Fsp3) is 0.588. The van der Waals surface area contributed by atoms with Crippen LogP contribution in [0.4, 0.5) is 0 Å². The summed E-state index contributed by atoms with van der Waals surface area (Å²) in [5.41, 5.74) is 2.67. The van der Waals surface area contributed by atoms with E-state index in [4.69, 9.17) is 4.74 Å². The lowest BCUT2D eigenvalue weighted by Gasteiger charge is -2.48. The summed E-state index contributed by atoms with van der Waals surface area (Å²) in [7, 11) is 1.71. The Hall–Kier alpha value is -1.55. The Labute approximate surface area is 125 Å². The highest BCUT2D eigenvalue weighted by Crippen LogP contribution is 2.41. The van der Waals surface area contributed by atoms with E-state index in [1.165, 1.54) is 11.1 Å². The Bertz CT molecular complexity index is 572. The lowest BCUT2D eigenvalue weighted by molar-refractivity contribution is -0.145. The van der Waals surface area contributed by atoms with Gasteiger partial charge in [0.1, 0.15) is 5.75 Å². The molecule has 0 saturated carbocycles. The molecule has 3 aliphatic heterocycles. The molecule has 1 amide bonds. The fourth-order valence-electron chi connectivity index (χ4n) is 4.28. The number of carbonyl (C=O) groups is 1. The molecule has 3 unspecified atom stereocenters. The topological polar surface area (TPSA) is 41.6 Å². The smallest absolute Gasteiger partial charge is 0.227 e. The van der Waals surface area contributed by atoms with Crippen LogP contribution in [0.25, 0.3) is 0 Å². The van der Waals surface area contributed by atoms with Crippen LogP contribution in [0.1, 0.15) is 36.4 Å². The number of ether oxygens (including phenoxy) is 1. The third-order valence-corrected chi connectivity index (χ3v) is 5.37. The molecule has 4 heteroatoms. The number of benzene rings is 1. The maximum absolute atomic E-state index is 12.8. The van der Waals surface area contributed by atoms with E-state index in [-0.39, 0.29) is 12.0 Å². The number of methoxy groups -OCH3 is 1. The largest absolute Gasteiger partial charge is 0.497 e. The molecular formula is C17H22N2O2. The minimum absolute atomic E-state index is 0.204. The maximum atomic E-state index is 12.8. The number of hydrogen-bond donors (Lipinski definition) is 1. The van der Waals surface area contributed by atoms with E-state index in [9.17, 15) is 4.79 Å². The Morgan fingerprint density at radius 1 is 1.38 bits per heavy atom. The number of nitrogens with one attached hydrogen (secondary N) is 1. The average Bonchev–Trinajstić information content (AvgIpc) is 2.54. The summed E-state index contributed by atoms with van der Waals surface area (Å²) in [5, 5.41) is 3.57. The molecule has 3 heterocycles. The van der Waals surface area contributed by atoms with Crippen molar-refractivity contribution in [3.8, 4) is 5.75 Å². The molecule has 0 aromatic heterocycles. The molecule has 1 N–H and O–H groups in total. The first-order chi connectivity index (χ1) is 10.3. The van der Waals surface area contributed by atoms with Gasteiger partial charge in [-0.25, -0.2) is 0 Å². The van der Waals surface area contributed by atoms with Crippen LogP contribution in [0.3, 0.4) is 0 Å². The van der Waals surface area contributed by atoms with Crippen LogP contribution in [0.5, 0.6) is 5.75 Å². The molecular weight excluding hydrogens is 264 g/mol. The van der Waals surface area contributed by atoms with Crippen LogP contribution in [0.2, 0.25) is 0 Å². The van der Waals surface area contributed by atoms with Gasteiger partial charge in [0.25, 0.3) is 0 Å². The Morgan fingerprint density at radius 2 is 2.29 bits per heavy atom. The van der Waals surface area contributed by atoms with E-state index in [1.54, 1.807) is 7.11 Å². The molecule has 3 aliphatic rings. The zero-order valence-electron chi connectivity index (χ0n) is 12.5. The van der Waals surface area contributed by atoms with E-state index < -0.39 is 0 Å². The van der Waals surface area contributed by atoms with Crippen molar-refractivity contribution in [2.75, 3.05) is 20.2 Å². The van der Waals surface area contributed by atoms with Gasteiger partial charge in [-0.1, -0.05) is 6.07 Å². The first kappa shape index (κ1) is 13.1. The molecule has 0 bridgehead atoms. The summed E-state index contributed by atoms with van der Waals surface area (Å²) in [5.74, 6) is 1.48. The summed E-state index contributed by atoms with van der Waals surface area (Å²) >= 11 is 0. The van der Waals surface area contributed by atoms with Gasteiger partial charge in [-0.3, -0.25) is 4.79 Å². The summed E-state index contributed by atoms with van der Waals surface area (Å²) in [4.78, 5) is 14.9. The molecule has 112 valence electrons. The quantitative estimate of drug-likeness (QED) is 0.857. The van der Waals surface area contributed by atoms with Gasteiger partial charge in [0, 0.05) is 12.6 Å². The van der Waals surface area contributed by atoms with Crippen molar-refractivity contribution in [3.05, 3.63) is 29.3 Å². The molecule has 2 saturated heterocycles. The lowest BCUT2D eigenvalue weighted by Crippen LogP contribution is -2.57. The van der Waals surface area contributed by atoms with Crippen LogP contribution >= 0.6 is 0 Å². The van der Waals surface area contributed by atoms with Crippen LogP contribution in [-0.4, -0.2) is 37.0 Å². The minimum atomic E-state index is 0.204. The Balaban J connectivity index is 1.68. The summed E-state index contributed by atoms with van der Waals surface area (Å²) in [6, 6.07) is 6.92. The normalized spacial score (nSPS) is 31.2. The van der Waals surface area contributed by atoms with Gasteiger partial charge >= 0.3 is 0 Å². The lowest BCUT2D eigenvalue weighted by atomic mass is 9.77. The third kappa shape index (κ3) is 2.04. The van der Waals surface area contributed by atoms with Gasteiger partial charge in [-0.2, -0.15) is 0 Å². The standard InChI is InChI=1S/C17H22N2O2/c1-21-12-4-5-13-11(9-12)6-8-19-16(13)10-15-14(17(19)20)3-2-7-18-15/h4-5,9,14-16,18H,2-3,6-8,10H2,1H3. The predicted octanol–water partition coefficient (Wildman–Crippen LogP) is 1.89. The SMILES string of the molecule is COc1ccc2c(c1)CCN1C(=O)C3CCCNC3CC21. The molecule has 0 radical (unpaired) electrons. The van der Waals surface area contributed by atoms with Crippen LogP contribution in [-0.2, 0) is 11.2 Å². The zero-order chi connectivity index (χ0) is 14.4. The van der Waals surface area contributed by atoms with Crippen molar-refractivity contribution in [3.63, 3.8) is 0 Å². The van der Waals surface area contributed by atoms with Gasteiger partial charge in [0.2, 0.25) is 5.91 Å². The maximum Gasteiger partial charge on any atom is 0.227 e. The van der Waals surface area contributed by atoms with Crippen molar-refractivity contribution in [2.45, 2.75) is 37.8 Å². The predicted molar refractivity (Wildman–Crippen MR) is 80.3 cm³/mol. The van der Waals surface area contributed by atoms with Crippen molar-refractivity contribution in [2.24, 2.45) is 5.92 Å². The molecule has 0 spiro atoms. The van der Waals surface area contributed by atoms with Crippen LogP contribution < -0.4 is 10.1 Å². The number of fused-ring (bicyclic) bond motifs is 4. The number of piperidine rings is 2. The molecule has 2 fully saturated rings. The molecule has 1 aromatic rings. The van der Waals surface area contributed by atoms with Gasteiger partial charge < -0.3 is 15.0 Å². The molecule has 3 atom stereocenters. The second-order valence-electron chi connectivity index (χ2n) is 6.41. The number of carbonyl (C=O) groups excluding carboxylic acids is 1. The van der Waals surface area contributed by atoms with Gasteiger partial charge in [0.05, 0.1) is 19.1 Å². The average molecular weight is 286 g/mol. The van der Waals surface area contributed by atoms with Crippen molar-refractivity contribution in [1.29, 1.82) is 0 Å². The second kappa shape index (κ2) is 5.02. The third-order valence-electron chi connectivity index (χ3n) is 5.37.